The molecule has 0 heterocycles. The van der Waals surface area contributed by atoms with Crippen LogP contribution in [-0.2, 0) is 0 Å². The van der Waals surface area contributed by atoms with E-state index in [1.54, 1.807) is 6.92 Å². The molecular formula is C9H18O3. The largest absolute Gasteiger partial charge is 0.412 e. The molecule has 0 aromatic heterocycles. The average molecular weight is 174 g/mol. The molecule has 12 heavy (non-hydrogen) atoms. The zero-order valence-electron chi connectivity index (χ0n) is 7.57. The van der Waals surface area contributed by atoms with Crippen LogP contribution < -0.4 is 0 Å². The Morgan fingerprint density at radius 1 is 0.833 bits per heavy atom. The van der Waals surface area contributed by atoms with Crippen LogP contribution in [0.25, 0.3) is 0 Å². The number of hydrogen-bond donors (Lipinski definition) is 2. The summed E-state index contributed by atoms with van der Waals surface area (Å²) < 4.78 is 0. The molecule has 0 spiro atoms. The maximum Gasteiger partial charge on any atom is 0.0402 e. The van der Waals surface area contributed by atoms with Gasteiger partial charge in [-0.05, 0) is 6.92 Å². The average Bonchev–Trinajstić information content (AvgIpc) is 2.12. The van der Waals surface area contributed by atoms with Crippen LogP contribution in [0, 0.1) is 0 Å². The van der Waals surface area contributed by atoms with Crippen LogP contribution in [0.3, 0.4) is 0 Å². The van der Waals surface area contributed by atoms with E-state index in [-0.39, 0.29) is 12.1 Å². The van der Waals surface area contributed by atoms with Crippen molar-refractivity contribution < 1.29 is 15.7 Å². The lowest BCUT2D eigenvalue weighted by molar-refractivity contribution is 0.318. The Morgan fingerprint density at radius 2 is 0.917 bits per heavy atom. The maximum atomic E-state index is 7.57. The summed E-state index contributed by atoms with van der Waals surface area (Å²) in [7, 11) is 1.00. The molecule has 1 aromatic carbocycles. The first-order valence-corrected chi connectivity index (χ1v) is 3.47. The van der Waals surface area contributed by atoms with Gasteiger partial charge in [0.1, 0.15) is 0 Å². The van der Waals surface area contributed by atoms with Gasteiger partial charge in [0.15, 0.2) is 0 Å². The molecular weight excluding hydrogens is 156 g/mol. The predicted octanol–water partition coefficient (Wildman–Crippen LogP) is 0.469. The minimum atomic E-state index is 0. The van der Waals surface area contributed by atoms with E-state index in [2.05, 4.69) is 0 Å². The van der Waals surface area contributed by atoms with E-state index in [0.717, 1.165) is 7.11 Å². The fourth-order valence-electron chi connectivity index (χ4n) is 0.385. The molecule has 0 aliphatic carbocycles. The molecule has 0 saturated heterocycles. The molecule has 0 bridgehead atoms. The third-order valence-corrected chi connectivity index (χ3v) is 0.667. The smallest absolute Gasteiger partial charge is 0.0402 e. The predicted molar refractivity (Wildman–Crippen MR) is 51.0 cm³/mol. The minimum Gasteiger partial charge on any atom is -0.412 e. The summed E-state index contributed by atoms with van der Waals surface area (Å²) in [4.78, 5) is 0. The van der Waals surface area contributed by atoms with E-state index in [0.29, 0.717) is 0 Å². The summed E-state index contributed by atoms with van der Waals surface area (Å²) in [5.41, 5.74) is 0. The fraction of sp³-hybridized carbons (Fsp3) is 0.333. The normalized spacial score (nSPS) is 6.00. The lowest BCUT2D eigenvalue weighted by Crippen LogP contribution is -1.57. The second-order valence-corrected chi connectivity index (χ2v) is 1.47. The quantitative estimate of drug-likeness (QED) is 0.600. The molecule has 0 atom stereocenters. The van der Waals surface area contributed by atoms with E-state index in [1.807, 2.05) is 36.4 Å². The van der Waals surface area contributed by atoms with Gasteiger partial charge in [-0.25, -0.2) is 0 Å². The van der Waals surface area contributed by atoms with Gasteiger partial charge >= 0.3 is 0 Å². The molecule has 72 valence electrons. The van der Waals surface area contributed by atoms with Crippen LogP contribution in [0.4, 0.5) is 0 Å². The van der Waals surface area contributed by atoms with E-state index in [4.69, 9.17) is 10.2 Å². The third-order valence-electron chi connectivity index (χ3n) is 0.667. The highest BCUT2D eigenvalue weighted by Gasteiger charge is 1.57. The topological polar surface area (TPSA) is 72.0 Å². The lowest BCUT2D eigenvalue weighted by Gasteiger charge is -1.69. The van der Waals surface area contributed by atoms with Gasteiger partial charge in [-0.15, -0.1) is 0 Å². The van der Waals surface area contributed by atoms with Gasteiger partial charge in [0.2, 0.25) is 0 Å². The molecule has 4 N–H and O–H groups in total. The van der Waals surface area contributed by atoms with Crippen LogP contribution in [0.15, 0.2) is 36.4 Å². The van der Waals surface area contributed by atoms with E-state index < -0.39 is 0 Å². The number of aliphatic hydroxyl groups is 2. The zero-order chi connectivity index (χ0) is 8.95. The van der Waals surface area contributed by atoms with Crippen LogP contribution in [0.5, 0.6) is 0 Å². The Morgan fingerprint density at radius 3 is 1.00 bits per heavy atom. The maximum absolute atomic E-state index is 7.57. The summed E-state index contributed by atoms with van der Waals surface area (Å²) in [5.74, 6) is 0. The van der Waals surface area contributed by atoms with Gasteiger partial charge in [-0.2, -0.15) is 0 Å². The zero-order valence-corrected chi connectivity index (χ0v) is 7.57. The summed E-state index contributed by atoms with van der Waals surface area (Å²) in [6.07, 6.45) is 0. The molecule has 0 saturated carbocycles. The molecule has 0 fully saturated rings. The van der Waals surface area contributed by atoms with E-state index in [9.17, 15) is 0 Å². The summed E-state index contributed by atoms with van der Waals surface area (Å²) in [5, 5.41) is 14.6. The minimum absolute atomic E-state index is 0. The van der Waals surface area contributed by atoms with Crippen LogP contribution in [0.1, 0.15) is 6.92 Å². The van der Waals surface area contributed by atoms with Crippen molar-refractivity contribution in [3.63, 3.8) is 0 Å². The van der Waals surface area contributed by atoms with E-state index >= 15 is 0 Å². The molecule has 0 aliphatic heterocycles. The summed E-state index contributed by atoms with van der Waals surface area (Å²) in [6, 6.07) is 12.0. The standard InChI is InChI=1S/C6H6.C2H6O.CH4O.H2O/c1-2-4-6-5-3-1;1-2-3;1-2;/h1-6H;3H,2H2,1H3;2H,1H3;1H2. The van der Waals surface area contributed by atoms with Crippen molar-refractivity contribution in [3.05, 3.63) is 36.4 Å². The molecule has 1 rings (SSSR count). The van der Waals surface area contributed by atoms with Crippen LogP contribution in [-0.4, -0.2) is 29.4 Å². The molecule has 0 radical (unpaired) electrons. The van der Waals surface area contributed by atoms with Gasteiger partial charge in [-0.1, -0.05) is 36.4 Å². The first kappa shape index (κ1) is 17.3. The number of hydrogen-bond acceptors (Lipinski definition) is 2. The Hall–Kier alpha value is -0.900. The van der Waals surface area contributed by atoms with Crippen LogP contribution in [0.2, 0.25) is 0 Å². The Labute approximate surface area is 73.6 Å². The highest BCUT2D eigenvalue weighted by Crippen LogP contribution is 1.79. The van der Waals surface area contributed by atoms with Crippen molar-refractivity contribution in [2.45, 2.75) is 6.92 Å². The number of benzene rings is 1. The molecule has 3 nitrogen and oxygen atoms in total. The van der Waals surface area contributed by atoms with E-state index in [1.165, 1.54) is 0 Å². The summed E-state index contributed by atoms with van der Waals surface area (Å²) in [6.45, 7) is 1.93. The molecule has 1 aromatic rings. The monoisotopic (exact) mass is 174 g/mol. The first-order chi connectivity index (χ1) is 5.41. The first-order valence-electron chi connectivity index (χ1n) is 3.47. The third kappa shape index (κ3) is 23.0. The van der Waals surface area contributed by atoms with Gasteiger partial charge in [0, 0.05) is 13.7 Å². The SMILES string of the molecule is CCO.CO.O.c1ccccc1. The van der Waals surface area contributed by atoms with Crippen molar-refractivity contribution in [1.82, 2.24) is 0 Å². The molecule has 3 heteroatoms. The van der Waals surface area contributed by atoms with Gasteiger partial charge < -0.3 is 15.7 Å². The Kier molecular flexibility index (Phi) is 32.3. The second kappa shape index (κ2) is 22.5. The number of rotatable bonds is 0. The van der Waals surface area contributed by atoms with Gasteiger partial charge in [-0.3, -0.25) is 0 Å². The van der Waals surface area contributed by atoms with Crippen LogP contribution >= 0.6 is 0 Å². The summed E-state index contributed by atoms with van der Waals surface area (Å²) >= 11 is 0. The van der Waals surface area contributed by atoms with Crippen molar-refractivity contribution >= 4 is 0 Å². The van der Waals surface area contributed by atoms with Crippen molar-refractivity contribution in [3.8, 4) is 0 Å². The molecule has 0 aliphatic rings. The highest BCUT2D eigenvalue weighted by atomic mass is 16.2. The van der Waals surface area contributed by atoms with Crippen molar-refractivity contribution in [2.75, 3.05) is 13.7 Å². The van der Waals surface area contributed by atoms with Crippen molar-refractivity contribution in [1.29, 1.82) is 0 Å². The van der Waals surface area contributed by atoms with Gasteiger partial charge in [0.25, 0.3) is 0 Å². The fourth-order valence-corrected chi connectivity index (χ4v) is 0.385. The molecule has 0 unspecified atom stereocenters. The Balaban J connectivity index is -0.000000119. The lowest BCUT2D eigenvalue weighted by atomic mass is 10.4. The van der Waals surface area contributed by atoms with Crippen molar-refractivity contribution in [2.24, 2.45) is 0 Å². The van der Waals surface area contributed by atoms with Gasteiger partial charge in [0.05, 0.1) is 0 Å². The highest BCUT2D eigenvalue weighted by molar-refractivity contribution is 4.99. The molecule has 0 amide bonds. The Bertz CT molecular complexity index is 92.6. The second-order valence-electron chi connectivity index (χ2n) is 1.47. The number of aliphatic hydroxyl groups excluding tert-OH is 2.